The van der Waals surface area contributed by atoms with Crippen molar-refractivity contribution >= 4 is 37.6 Å². The Balaban J connectivity index is 2.59. The van der Waals surface area contributed by atoms with Crippen molar-refractivity contribution in [3.8, 4) is 0 Å². The standard InChI is InChI=1S/C15H11Br2FO/c1-8-5-11(18)6-9(2)14(8)15(19)12-7-10(16)3-4-13(12)17/h3-7H,1-2H3. The Morgan fingerprint density at radius 2 is 1.63 bits per heavy atom. The second-order valence-electron chi connectivity index (χ2n) is 4.37. The van der Waals surface area contributed by atoms with E-state index < -0.39 is 0 Å². The van der Waals surface area contributed by atoms with Crippen LogP contribution in [0.5, 0.6) is 0 Å². The summed E-state index contributed by atoms with van der Waals surface area (Å²) in [4.78, 5) is 12.6. The van der Waals surface area contributed by atoms with Gasteiger partial charge in [-0.2, -0.15) is 0 Å². The Morgan fingerprint density at radius 3 is 2.21 bits per heavy atom. The quantitative estimate of drug-likeness (QED) is 0.649. The third-order valence-corrected chi connectivity index (χ3v) is 4.08. The normalized spacial score (nSPS) is 10.6. The minimum Gasteiger partial charge on any atom is -0.289 e. The maximum Gasteiger partial charge on any atom is 0.194 e. The molecule has 0 N–H and O–H groups in total. The zero-order valence-electron chi connectivity index (χ0n) is 10.4. The van der Waals surface area contributed by atoms with Gasteiger partial charge in [0.15, 0.2) is 5.78 Å². The molecule has 2 aromatic carbocycles. The molecule has 0 amide bonds. The first kappa shape index (κ1) is 14.4. The molecule has 0 spiro atoms. The molecule has 0 bridgehead atoms. The van der Waals surface area contributed by atoms with Crippen molar-refractivity contribution in [2.75, 3.05) is 0 Å². The molecule has 2 rings (SSSR count). The van der Waals surface area contributed by atoms with Gasteiger partial charge in [-0.05, 0) is 55.3 Å². The maximum absolute atomic E-state index is 13.3. The van der Waals surface area contributed by atoms with Gasteiger partial charge in [0.25, 0.3) is 0 Å². The van der Waals surface area contributed by atoms with Gasteiger partial charge in [-0.25, -0.2) is 4.39 Å². The van der Waals surface area contributed by atoms with Gasteiger partial charge in [-0.1, -0.05) is 31.9 Å². The topological polar surface area (TPSA) is 17.1 Å². The summed E-state index contributed by atoms with van der Waals surface area (Å²) >= 11 is 6.73. The van der Waals surface area contributed by atoms with Gasteiger partial charge in [0.1, 0.15) is 5.82 Å². The number of hydrogen-bond acceptors (Lipinski definition) is 1. The molecule has 98 valence electrons. The van der Waals surface area contributed by atoms with Crippen molar-refractivity contribution in [3.63, 3.8) is 0 Å². The molecular weight excluding hydrogens is 375 g/mol. The SMILES string of the molecule is Cc1cc(F)cc(C)c1C(=O)c1cc(Br)ccc1Br. The van der Waals surface area contributed by atoms with Crippen LogP contribution in [-0.2, 0) is 0 Å². The summed E-state index contributed by atoms with van der Waals surface area (Å²) < 4.78 is 14.8. The fourth-order valence-corrected chi connectivity index (χ4v) is 2.86. The van der Waals surface area contributed by atoms with Crippen LogP contribution in [-0.4, -0.2) is 5.78 Å². The van der Waals surface area contributed by atoms with E-state index in [9.17, 15) is 9.18 Å². The molecule has 0 saturated heterocycles. The maximum atomic E-state index is 13.3. The fourth-order valence-electron chi connectivity index (χ4n) is 2.07. The number of benzene rings is 2. The fraction of sp³-hybridized carbons (Fsp3) is 0.133. The Bertz CT molecular complexity index is 642. The van der Waals surface area contributed by atoms with Crippen molar-refractivity contribution in [2.45, 2.75) is 13.8 Å². The Hall–Kier alpha value is -1.000. The van der Waals surface area contributed by atoms with Gasteiger partial charge >= 0.3 is 0 Å². The molecule has 1 nitrogen and oxygen atoms in total. The van der Waals surface area contributed by atoms with E-state index in [2.05, 4.69) is 31.9 Å². The largest absolute Gasteiger partial charge is 0.289 e. The molecule has 2 aromatic rings. The predicted molar refractivity (Wildman–Crippen MR) is 81.1 cm³/mol. The lowest BCUT2D eigenvalue weighted by atomic mass is 9.95. The molecule has 4 heteroatoms. The van der Waals surface area contributed by atoms with E-state index in [1.807, 2.05) is 12.1 Å². The number of hydrogen-bond donors (Lipinski definition) is 0. The van der Waals surface area contributed by atoms with Crippen LogP contribution in [0.3, 0.4) is 0 Å². The van der Waals surface area contributed by atoms with E-state index >= 15 is 0 Å². The third kappa shape index (κ3) is 2.95. The highest BCUT2D eigenvalue weighted by Crippen LogP contribution is 2.27. The molecule has 0 aliphatic carbocycles. The molecule has 0 unspecified atom stereocenters. The van der Waals surface area contributed by atoms with Crippen LogP contribution in [0.25, 0.3) is 0 Å². The molecule has 0 aliphatic rings. The van der Waals surface area contributed by atoms with Crippen LogP contribution in [0.4, 0.5) is 4.39 Å². The monoisotopic (exact) mass is 384 g/mol. The highest BCUT2D eigenvalue weighted by atomic mass is 79.9. The number of ketones is 1. The molecule has 0 fully saturated rings. The van der Waals surface area contributed by atoms with E-state index in [1.165, 1.54) is 12.1 Å². The summed E-state index contributed by atoms with van der Waals surface area (Å²) in [6, 6.07) is 8.18. The minimum absolute atomic E-state index is 0.108. The van der Waals surface area contributed by atoms with Crippen LogP contribution in [0.2, 0.25) is 0 Å². The Morgan fingerprint density at radius 1 is 1.05 bits per heavy atom. The first-order valence-electron chi connectivity index (χ1n) is 5.66. The second-order valence-corrected chi connectivity index (χ2v) is 6.14. The van der Waals surface area contributed by atoms with Crippen molar-refractivity contribution in [3.05, 3.63) is 67.3 Å². The Kier molecular flexibility index (Phi) is 4.21. The zero-order valence-corrected chi connectivity index (χ0v) is 13.6. The van der Waals surface area contributed by atoms with Gasteiger partial charge in [0.05, 0.1) is 0 Å². The molecule has 0 atom stereocenters. The summed E-state index contributed by atoms with van der Waals surface area (Å²) in [7, 11) is 0. The summed E-state index contributed by atoms with van der Waals surface area (Å²) in [5, 5.41) is 0. The molecular formula is C15H11Br2FO. The molecule has 0 heterocycles. The van der Waals surface area contributed by atoms with Crippen molar-refractivity contribution in [1.29, 1.82) is 0 Å². The summed E-state index contributed by atoms with van der Waals surface area (Å²) in [6.45, 7) is 3.49. The van der Waals surface area contributed by atoms with E-state index in [4.69, 9.17) is 0 Å². The van der Waals surface area contributed by atoms with Crippen LogP contribution in [0.15, 0.2) is 39.3 Å². The number of carbonyl (C=O) groups excluding carboxylic acids is 1. The molecule has 19 heavy (non-hydrogen) atoms. The summed E-state index contributed by atoms with van der Waals surface area (Å²) in [5.41, 5.74) is 2.41. The van der Waals surface area contributed by atoms with E-state index in [0.29, 0.717) is 22.3 Å². The van der Waals surface area contributed by atoms with Crippen LogP contribution >= 0.6 is 31.9 Å². The van der Waals surface area contributed by atoms with Gasteiger partial charge in [-0.3, -0.25) is 4.79 Å². The minimum atomic E-state index is -0.320. The number of aryl methyl sites for hydroxylation is 2. The van der Waals surface area contributed by atoms with Crippen molar-refractivity contribution in [2.24, 2.45) is 0 Å². The van der Waals surface area contributed by atoms with Gasteiger partial charge < -0.3 is 0 Å². The molecule has 0 radical (unpaired) electrons. The molecule has 0 aliphatic heterocycles. The predicted octanol–water partition coefficient (Wildman–Crippen LogP) is 5.20. The first-order chi connectivity index (χ1) is 8.90. The smallest absolute Gasteiger partial charge is 0.194 e. The average molecular weight is 386 g/mol. The number of halogens is 3. The van der Waals surface area contributed by atoms with Crippen molar-refractivity contribution < 1.29 is 9.18 Å². The van der Waals surface area contributed by atoms with Crippen molar-refractivity contribution in [1.82, 2.24) is 0 Å². The average Bonchev–Trinajstić information content (AvgIpc) is 2.30. The van der Waals surface area contributed by atoms with E-state index in [1.54, 1.807) is 19.9 Å². The highest BCUT2D eigenvalue weighted by molar-refractivity contribution is 9.11. The van der Waals surface area contributed by atoms with E-state index in [-0.39, 0.29) is 11.6 Å². The molecule has 0 saturated carbocycles. The summed E-state index contributed by atoms with van der Waals surface area (Å²) in [5.74, 6) is -0.428. The van der Waals surface area contributed by atoms with Gasteiger partial charge in [-0.15, -0.1) is 0 Å². The zero-order chi connectivity index (χ0) is 14.2. The highest BCUT2D eigenvalue weighted by Gasteiger charge is 2.18. The number of carbonyl (C=O) groups is 1. The van der Waals surface area contributed by atoms with Gasteiger partial charge in [0, 0.05) is 20.1 Å². The summed E-state index contributed by atoms with van der Waals surface area (Å²) in [6.07, 6.45) is 0. The lowest BCUT2D eigenvalue weighted by molar-refractivity contribution is 0.103. The second kappa shape index (κ2) is 5.55. The number of rotatable bonds is 2. The Labute approximate surface area is 128 Å². The first-order valence-corrected chi connectivity index (χ1v) is 7.25. The lowest BCUT2D eigenvalue weighted by Gasteiger charge is -2.11. The van der Waals surface area contributed by atoms with Crippen LogP contribution in [0, 0.1) is 19.7 Å². The van der Waals surface area contributed by atoms with Crippen LogP contribution in [0.1, 0.15) is 27.0 Å². The van der Waals surface area contributed by atoms with Crippen LogP contribution < -0.4 is 0 Å². The van der Waals surface area contributed by atoms with Gasteiger partial charge in [0.2, 0.25) is 0 Å². The van der Waals surface area contributed by atoms with E-state index in [0.717, 1.165) is 8.95 Å². The molecule has 0 aromatic heterocycles. The lowest BCUT2D eigenvalue weighted by Crippen LogP contribution is -2.07. The third-order valence-electron chi connectivity index (χ3n) is 2.90.